The number of anilines is 1. The fourth-order valence-corrected chi connectivity index (χ4v) is 1.77. The highest BCUT2D eigenvalue weighted by Gasteiger charge is 2.13. The summed E-state index contributed by atoms with van der Waals surface area (Å²) in [4.78, 5) is 11.7. The predicted octanol–water partition coefficient (Wildman–Crippen LogP) is 2.82. The first kappa shape index (κ1) is 13.2. The van der Waals surface area contributed by atoms with Gasteiger partial charge in [0.2, 0.25) is 5.91 Å². The monoisotopic (exact) mass is 284 g/mol. The highest BCUT2D eigenvalue weighted by atomic mass is 79.9. The number of halogens is 1. The first-order valence-corrected chi connectivity index (χ1v) is 6.17. The van der Waals surface area contributed by atoms with Gasteiger partial charge >= 0.3 is 0 Å². The van der Waals surface area contributed by atoms with Gasteiger partial charge in [-0.15, -0.1) is 0 Å². The van der Waals surface area contributed by atoms with Crippen molar-refractivity contribution in [1.29, 1.82) is 0 Å². The van der Waals surface area contributed by atoms with Crippen LogP contribution in [-0.4, -0.2) is 11.9 Å². The molecule has 88 valence electrons. The third-order valence-electron chi connectivity index (χ3n) is 2.39. The summed E-state index contributed by atoms with van der Waals surface area (Å²) >= 11 is 3.44. The Kier molecular flexibility index (Phi) is 4.96. The van der Waals surface area contributed by atoms with Crippen LogP contribution >= 0.6 is 15.9 Å². The van der Waals surface area contributed by atoms with E-state index in [0.717, 1.165) is 22.1 Å². The van der Waals surface area contributed by atoms with Crippen molar-refractivity contribution in [2.45, 2.75) is 32.7 Å². The molecule has 0 aliphatic heterocycles. The molecule has 0 unspecified atom stereocenters. The molecule has 0 aromatic heterocycles. The van der Waals surface area contributed by atoms with Gasteiger partial charge in [-0.25, -0.2) is 0 Å². The van der Waals surface area contributed by atoms with Gasteiger partial charge in [0.1, 0.15) is 0 Å². The van der Waals surface area contributed by atoms with Crippen LogP contribution in [0.2, 0.25) is 0 Å². The van der Waals surface area contributed by atoms with Gasteiger partial charge in [0, 0.05) is 4.47 Å². The Morgan fingerprint density at radius 1 is 1.56 bits per heavy atom. The maximum atomic E-state index is 11.7. The molecule has 0 aliphatic carbocycles. The van der Waals surface area contributed by atoms with Gasteiger partial charge in [0.05, 0.1) is 11.7 Å². The lowest BCUT2D eigenvalue weighted by atomic mass is 10.1. The van der Waals surface area contributed by atoms with Crippen LogP contribution in [0, 0.1) is 6.92 Å². The van der Waals surface area contributed by atoms with E-state index in [9.17, 15) is 4.79 Å². The van der Waals surface area contributed by atoms with E-state index in [-0.39, 0.29) is 5.91 Å². The maximum Gasteiger partial charge on any atom is 0.241 e. The minimum Gasteiger partial charge on any atom is -0.324 e. The Bertz CT molecular complexity index is 379. The number of rotatable bonds is 4. The second kappa shape index (κ2) is 6.01. The van der Waals surface area contributed by atoms with Crippen LogP contribution in [0.5, 0.6) is 0 Å². The van der Waals surface area contributed by atoms with Crippen LogP contribution in [0.25, 0.3) is 0 Å². The molecule has 0 bridgehead atoms. The molecular weight excluding hydrogens is 268 g/mol. The Labute approximate surface area is 105 Å². The molecule has 0 saturated heterocycles. The Morgan fingerprint density at radius 2 is 2.25 bits per heavy atom. The molecule has 0 radical (unpaired) electrons. The van der Waals surface area contributed by atoms with Crippen molar-refractivity contribution < 1.29 is 4.79 Å². The Hall–Kier alpha value is -0.870. The molecule has 3 N–H and O–H groups in total. The van der Waals surface area contributed by atoms with Crippen LogP contribution in [0.15, 0.2) is 22.7 Å². The quantitative estimate of drug-likeness (QED) is 0.893. The summed E-state index contributed by atoms with van der Waals surface area (Å²) in [6.45, 7) is 3.99. The number of amides is 1. The molecule has 0 fully saturated rings. The fourth-order valence-electron chi connectivity index (χ4n) is 1.41. The van der Waals surface area contributed by atoms with Crippen molar-refractivity contribution in [1.82, 2.24) is 0 Å². The first-order chi connectivity index (χ1) is 7.56. The van der Waals surface area contributed by atoms with E-state index < -0.39 is 6.04 Å². The molecule has 0 aliphatic rings. The summed E-state index contributed by atoms with van der Waals surface area (Å²) in [7, 11) is 0. The lowest BCUT2D eigenvalue weighted by molar-refractivity contribution is -0.117. The minimum absolute atomic E-state index is 0.131. The van der Waals surface area contributed by atoms with Crippen molar-refractivity contribution in [3.05, 3.63) is 28.2 Å². The number of hydrogen-bond donors (Lipinski definition) is 2. The van der Waals surface area contributed by atoms with Crippen LogP contribution in [0.3, 0.4) is 0 Å². The minimum atomic E-state index is -0.433. The van der Waals surface area contributed by atoms with Crippen molar-refractivity contribution in [2.24, 2.45) is 5.73 Å². The standard InChI is InChI=1S/C12H17BrN2O/c1-3-5-9(14)12(16)15-10-7-4-6-8(2)11(10)13/h4,6-7,9H,3,5,14H2,1-2H3,(H,15,16)/t9-/m0/s1. The third kappa shape index (κ3) is 3.32. The van der Waals surface area contributed by atoms with Gasteiger partial charge in [-0.05, 0) is 40.9 Å². The molecule has 0 heterocycles. The van der Waals surface area contributed by atoms with E-state index in [4.69, 9.17) is 5.73 Å². The SMILES string of the molecule is CCC[C@H](N)C(=O)Nc1cccc(C)c1Br. The zero-order valence-electron chi connectivity index (χ0n) is 9.59. The van der Waals surface area contributed by atoms with Crippen LogP contribution in [0.4, 0.5) is 5.69 Å². The van der Waals surface area contributed by atoms with E-state index in [1.807, 2.05) is 32.0 Å². The molecule has 0 saturated carbocycles. The topological polar surface area (TPSA) is 55.1 Å². The molecule has 1 rings (SSSR count). The summed E-state index contributed by atoms with van der Waals surface area (Å²) in [5.41, 5.74) is 7.60. The van der Waals surface area contributed by atoms with Gasteiger partial charge in [-0.2, -0.15) is 0 Å². The van der Waals surface area contributed by atoms with E-state index >= 15 is 0 Å². The van der Waals surface area contributed by atoms with E-state index in [1.165, 1.54) is 0 Å². The van der Waals surface area contributed by atoms with Gasteiger partial charge in [0.15, 0.2) is 0 Å². The highest BCUT2D eigenvalue weighted by molar-refractivity contribution is 9.10. The predicted molar refractivity (Wildman–Crippen MR) is 70.4 cm³/mol. The maximum absolute atomic E-state index is 11.7. The van der Waals surface area contributed by atoms with Crippen molar-refractivity contribution in [2.75, 3.05) is 5.32 Å². The summed E-state index contributed by atoms with van der Waals surface area (Å²) in [5, 5.41) is 2.82. The van der Waals surface area contributed by atoms with E-state index in [0.29, 0.717) is 6.42 Å². The molecule has 16 heavy (non-hydrogen) atoms. The average molecular weight is 285 g/mol. The van der Waals surface area contributed by atoms with Gasteiger partial charge in [0.25, 0.3) is 0 Å². The third-order valence-corrected chi connectivity index (χ3v) is 3.44. The van der Waals surface area contributed by atoms with Crippen molar-refractivity contribution in [3.8, 4) is 0 Å². The number of nitrogens with two attached hydrogens (primary N) is 1. The summed E-state index contributed by atoms with van der Waals surface area (Å²) in [6, 6.07) is 5.30. The van der Waals surface area contributed by atoms with Crippen LogP contribution in [0.1, 0.15) is 25.3 Å². The second-order valence-electron chi connectivity index (χ2n) is 3.82. The Balaban J connectivity index is 2.73. The van der Waals surface area contributed by atoms with Crippen molar-refractivity contribution in [3.63, 3.8) is 0 Å². The van der Waals surface area contributed by atoms with Gasteiger partial charge in [-0.1, -0.05) is 25.5 Å². The molecule has 0 spiro atoms. The van der Waals surface area contributed by atoms with E-state index in [1.54, 1.807) is 0 Å². The number of carbonyl (C=O) groups excluding carboxylic acids is 1. The van der Waals surface area contributed by atoms with Gasteiger partial charge < -0.3 is 11.1 Å². The normalized spacial score (nSPS) is 12.2. The van der Waals surface area contributed by atoms with Crippen LogP contribution in [-0.2, 0) is 4.79 Å². The zero-order valence-corrected chi connectivity index (χ0v) is 11.2. The molecule has 1 aromatic rings. The van der Waals surface area contributed by atoms with E-state index in [2.05, 4.69) is 21.2 Å². The number of hydrogen-bond acceptors (Lipinski definition) is 2. The molecule has 1 amide bonds. The summed E-state index contributed by atoms with van der Waals surface area (Å²) < 4.78 is 0.909. The smallest absolute Gasteiger partial charge is 0.241 e. The van der Waals surface area contributed by atoms with Crippen molar-refractivity contribution >= 4 is 27.5 Å². The number of aryl methyl sites for hydroxylation is 1. The zero-order chi connectivity index (χ0) is 12.1. The molecule has 1 atom stereocenters. The molecule has 4 heteroatoms. The second-order valence-corrected chi connectivity index (χ2v) is 4.61. The number of carbonyl (C=O) groups is 1. The summed E-state index contributed by atoms with van der Waals surface area (Å²) in [5.74, 6) is -0.131. The Morgan fingerprint density at radius 3 is 2.88 bits per heavy atom. The fraction of sp³-hybridized carbons (Fsp3) is 0.417. The molecule has 1 aromatic carbocycles. The summed E-state index contributed by atoms with van der Waals surface area (Å²) in [6.07, 6.45) is 1.61. The van der Waals surface area contributed by atoms with Gasteiger partial charge in [-0.3, -0.25) is 4.79 Å². The average Bonchev–Trinajstić information content (AvgIpc) is 2.25. The lowest BCUT2D eigenvalue weighted by Gasteiger charge is -2.13. The number of benzene rings is 1. The largest absolute Gasteiger partial charge is 0.324 e. The highest BCUT2D eigenvalue weighted by Crippen LogP contribution is 2.25. The van der Waals surface area contributed by atoms with Crippen LogP contribution < -0.4 is 11.1 Å². The lowest BCUT2D eigenvalue weighted by Crippen LogP contribution is -2.35. The first-order valence-electron chi connectivity index (χ1n) is 5.37. The molecule has 3 nitrogen and oxygen atoms in total. The molecular formula is C12H17BrN2O. The number of nitrogens with one attached hydrogen (secondary N) is 1.